The van der Waals surface area contributed by atoms with Crippen molar-refractivity contribution in [2.45, 2.75) is 6.54 Å². The van der Waals surface area contributed by atoms with Crippen LogP contribution in [0.25, 0.3) is 9.69 Å². The molecule has 31 heavy (non-hydrogen) atoms. The number of rotatable bonds is 3. The average molecular weight is 415 g/mol. The van der Waals surface area contributed by atoms with E-state index in [4.69, 9.17) is 24.6 Å². The van der Waals surface area contributed by atoms with Crippen LogP contribution < -0.4 is 21.3 Å². The summed E-state index contributed by atoms with van der Waals surface area (Å²) in [6, 6.07) is 22.6. The highest BCUT2D eigenvalue weighted by Crippen LogP contribution is 2.17. The second-order valence-electron chi connectivity index (χ2n) is 6.99. The molecular weight excluding hydrogens is 384 g/mol. The first-order valence-corrected chi connectivity index (χ1v) is 9.65. The number of benzene rings is 3. The molecule has 0 bridgehead atoms. The van der Waals surface area contributed by atoms with E-state index < -0.39 is 0 Å². The van der Waals surface area contributed by atoms with E-state index in [0.717, 1.165) is 5.69 Å². The molecule has 0 amide bonds. The Morgan fingerprint density at radius 3 is 1.32 bits per heavy atom. The van der Waals surface area contributed by atoms with E-state index in [2.05, 4.69) is 38.9 Å². The Morgan fingerprint density at radius 1 is 0.645 bits per heavy atom. The Kier molecular flexibility index (Phi) is 10.7. The molecule has 0 saturated carbocycles. The van der Waals surface area contributed by atoms with Gasteiger partial charge in [-0.1, -0.05) is 36.4 Å². The van der Waals surface area contributed by atoms with E-state index in [9.17, 15) is 0 Å². The van der Waals surface area contributed by atoms with Gasteiger partial charge in [-0.2, -0.15) is 0 Å². The fraction of sp³-hybridized carbons (Fsp3) is 0.200. The summed E-state index contributed by atoms with van der Waals surface area (Å²) >= 11 is 0. The van der Waals surface area contributed by atoms with Gasteiger partial charge in [-0.15, -0.1) is 0 Å². The molecule has 0 aliphatic rings. The normalized spacial score (nSPS) is 9.00. The molecular formula is C25H30N6. The first kappa shape index (κ1) is 25.0. The van der Waals surface area contributed by atoms with Gasteiger partial charge in [0.1, 0.15) is 0 Å². The lowest BCUT2D eigenvalue weighted by molar-refractivity contribution is 1.06. The molecule has 0 radical (unpaired) electrons. The van der Waals surface area contributed by atoms with Crippen LogP contribution in [-0.4, -0.2) is 28.2 Å². The quantitative estimate of drug-likeness (QED) is 0.449. The van der Waals surface area contributed by atoms with Crippen LogP contribution >= 0.6 is 0 Å². The molecule has 0 aromatic heterocycles. The fourth-order valence-corrected chi connectivity index (χ4v) is 2.30. The molecule has 0 saturated heterocycles. The third kappa shape index (κ3) is 9.36. The summed E-state index contributed by atoms with van der Waals surface area (Å²) in [5.41, 5.74) is 16.4. The van der Waals surface area contributed by atoms with Crippen molar-refractivity contribution in [1.82, 2.24) is 0 Å². The van der Waals surface area contributed by atoms with Gasteiger partial charge in [0, 0.05) is 51.8 Å². The van der Waals surface area contributed by atoms with Crippen molar-refractivity contribution in [2.24, 2.45) is 5.73 Å². The third-order valence-electron chi connectivity index (χ3n) is 4.21. The Bertz CT molecular complexity index is 977. The summed E-state index contributed by atoms with van der Waals surface area (Å²) in [5, 5.41) is 0. The minimum absolute atomic E-state index is 0.619. The van der Waals surface area contributed by atoms with Crippen LogP contribution in [0.5, 0.6) is 0 Å². The average Bonchev–Trinajstić information content (AvgIpc) is 2.80. The molecule has 0 atom stereocenters. The summed E-state index contributed by atoms with van der Waals surface area (Å²) in [7, 11) is 8.01. The summed E-state index contributed by atoms with van der Waals surface area (Å²) in [5.74, 6) is 0. The van der Waals surface area contributed by atoms with Crippen molar-refractivity contribution in [1.29, 1.82) is 0 Å². The van der Waals surface area contributed by atoms with Crippen LogP contribution in [0.2, 0.25) is 0 Å². The molecule has 4 N–H and O–H groups in total. The van der Waals surface area contributed by atoms with Gasteiger partial charge in [-0.05, 0) is 42.0 Å². The molecule has 3 aromatic rings. The Hall–Kier alpha value is -4.00. The zero-order chi connectivity index (χ0) is 23.2. The zero-order valence-corrected chi connectivity index (χ0v) is 18.6. The van der Waals surface area contributed by atoms with Crippen LogP contribution in [0.1, 0.15) is 5.56 Å². The maximum absolute atomic E-state index is 6.73. The molecule has 160 valence electrons. The summed E-state index contributed by atoms with van der Waals surface area (Å²) in [4.78, 5) is 10.6. The Labute approximate surface area is 186 Å². The van der Waals surface area contributed by atoms with E-state index in [1.807, 2.05) is 57.4 Å². The molecule has 0 unspecified atom stereocenters. The van der Waals surface area contributed by atoms with Gasteiger partial charge in [0.05, 0.1) is 13.1 Å². The number of hydrogen-bond acceptors (Lipinski definition) is 4. The number of anilines is 3. The monoisotopic (exact) mass is 414 g/mol. The van der Waals surface area contributed by atoms with Gasteiger partial charge < -0.3 is 21.3 Å². The van der Waals surface area contributed by atoms with Gasteiger partial charge in [0.15, 0.2) is 11.4 Å². The fourth-order valence-electron chi connectivity index (χ4n) is 2.30. The largest absolute Gasteiger partial charge is 0.399 e. The molecule has 0 spiro atoms. The molecule has 6 heteroatoms. The number of hydrogen-bond donors (Lipinski definition) is 2. The second kappa shape index (κ2) is 13.3. The second-order valence-corrected chi connectivity index (χ2v) is 6.99. The first-order valence-electron chi connectivity index (χ1n) is 9.65. The highest BCUT2D eigenvalue weighted by atomic mass is 15.1. The summed E-state index contributed by atoms with van der Waals surface area (Å²) in [6.45, 7) is 14.0. The topological polar surface area (TPSA) is 67.2 Å². The van der Waals surface area contributed by atoms with Crippen molar-refractivity contribution < 1.29 is 0 Å². The molecule has 0 heterocycles. The van der Waals surface area contributed by atoms with E-state index in [0.29, 0.717) is 23.6 Å². The molecule has 3 rings (SSSR count). The molecule has 0 aliphatic heterocycles. The number of nitrogens with two attached hydrogens (primary N) is 2. The molecule has 0 aliphatic carbocycles. The minimum Gasteiger partial charge on any atom is -0.399 e. The van der Waals surface area contributed by atoms with Crippen molar-refractivity contribution in [3.05, 3.63) is 101 Å². The maximum atomic E-state index is 6.73. The predicted octanol–water partition coefficient (Wildman–Crippen LogP) is 5.33. The summed E-state index contributed by atoms with van der Waals surface area (Å²) < 4.78 is 0. The van der Waals surface area contributed by atoms with Gasteiger partial charge in [-0.3, -0.25) is 0 Å². The Morgan fingerprint density at radius 2 is 1.00 bits per heavy atom. The maximum Gasteiger partial charge on any atom is 0.187 e. The van der Waals surface area contributed by atoms with Gasteiger partial charge in [-0.25, -0.2) is 9.69 Å². The van der Waals surface area contributed by atoms with E-state index >= 15 is 0 Å². The third-order valence-corrected chi connectivity index (χ3v) is 4.21. The number of nitrogens with zero attached hydrogens (tertiary/aromatic N) is 4. The van der Waals surface area contributed by atoms with Crippen LogP contribution in [-0.2, 0) is 6.54 Å². The van der Waals surface area contributed by atoms with Crippen molar-refractivity contribution in [3.63, 3.8) is 0 Å². The highest BCUT2D eigenvalue weighted by Gasteiger charge is 1.94. The number of nitrogen functional groups attached to an aromatic ring is 1. The minimum atomic E-state index is 0.619. The lowest BCUT2D eigenvalue weighted by atomic mass is 10.2. The highest BCUT2D eigenvalue weighted by molar-refractivity contribution is 5.54. The smallest absolute Gasteiger partial charge is 0.187 e. The summed E-state index contributed by atoms with van der Waals surface area (Å²) in [6.07, 6.45) is 0. The van der Waals surface area contributed by atoms with Crippen molar-refractivity contribution in [2.75, 3.05) is 43.7 Å². The van der Waals surface area contributed by atoms with Gasteiger partial charge in [0.25, 0.3) is 0 Å². The van der Waals surface area contributed by atoms with E-state index in [1.165, 1.54) is 11.3 Å². The van der Waals surface area contributed by atoms with Crippen LogP contribution in [0.15, 0.2) is 72.8 Å². The molecule has 6 nitrogen and oxygen atoms in total. The predicted molar refractivity (Wildman–Crippen MR) is 133 cm³/mol. The Balaban J connectivity index is 0.000000234. The molecule has 3 aromatic carbocycles. The first-order chi connectivity index (χ1) is 14.8. The van der Waals surface area contributed by atoms with Gasteiger partial charge in [0.2, 0.25) is 0 Å². The van der Waals surface area contributed by atoms with Crippen LogP contribution in [0, 0.1) is 13.1 Å². The van der Waals surface area contributed by atoms with Crippen molar-refractivity contribution in [3.8, 4) is 0 Å². The van der Waals surface area contributed by atoms with Gasteiger partial charge >= 0.3 is 0 Å². The van der Waals surface area contributed by atoms with Crippen molar-refractivity contribution >= 4 is 28.4 Å². The van der Waals surface area contributed by atoms with Crippen LogP contribution in [0.3, 0.4) is 0 Å². The van der Waals surface area contributed by atoms with E-state index in [-0.39, 0.29) is 0 Å². The standard InChI is InChI=1S/C9H10N2.C9H14N2.C7H6N2/c1-10-8-4-6-9(7-5-8)11(2)3;1-11(2)9-5-3-8(7-10)4-6-9;1-9-7-4-2-6(8)3-5-7/h4-7H,2-3H3;3-6H,7,10H2,1-2H3;2-5H,8H2. The SMILES string of the molecule is CN(C)c1ccc(CN)cc1.[C-]#[N+]c1ccc(N(C)C)cc1.[C-]#[N+]c1ccc(N)cc1. The molecule has 0 fully saturated rings. The lowest BCUT2D eigenvalue weighted by Crippen LogP contribution is -2.08. The van der Waals surface area contributed by atoms with Crippen LogP contribution in [0.4, 0.5) is 28.4 Å². The van der Waals surface area contributed by atoms with E-state index in [1.54, 1.807) is 24.3 Å². The lowest BCUT2D eigenvalue weighted by Gasteiger charge is -2.11. The zero-order valence-electron chi connectivity index (χ0n) is 18.6.